The minimum absolute atomic E-state index is 0.0546. The molecule has 0 saturated heterocycles. The molecule has 0 aliphatic carbocycles. The Morgan fingerprint density at radius 1 is 1.50 bits per heavy atom. The van der Waals surface area contributed by atoms with Crippen molar-refractivity contribution in [1.29, 1.82) is 0 Å². The van der Waals surface area contributed by atoms with Crippen LogP contribution < -0.4 is 10.6 Å². The normalized spacial score (nSPS) is 13.3. The lowest BCUT2D eigenvalue weighted by molar-refractivity contribution is 0.229. The number of carbonyl (C=O) groups is 1. The minimum Gasteiger partial charge on any atom is -0.334 e. The number of nitrogens with one attached hydrogen (secondary N) is 2. The van der Waals surface area contributed by atoms with Crippen LogP contribution in [0.15, 0.2) is 6.20 Å². The number of hydrogen-bond acceptors (Lipinski definition) is 3. The summed E-state index contributed by atoms with van der Waals surface area (Å²) in [4.78, 5) is 17.0. The molecule has 1 rings (SSSR count). The lowest BCUT2D eigenvalue weighted by Crippen LogP contribution is -2.47. The topological polar surface area (TPSA) is 54.0 Å². The van der Waals surface area contributed by atoms with Gasteiger partial charge in [-0.05, 0) is 34.6 Å². The van der Waals surface area contributed by atoms with Crippen molar-refractivity contribution in [2.24, 2.45) is 0 Å². The average molecular weight is 241 g/mol. The number of nitrogens with zero attached hydrogens (tertiary/aromatic N) is 1. The largest absolute Gasteiger partial charge is 0.334 e. The zero-order chi connectivity index (χ0) is 12.3. The molecule has 0 aliphatic rings. The maximum atomic E-state index is 11.6. The van der Waals surface area contributed by atoms with Gasteiger partial charge in [-0.1, -0.05) is 0 Å². The van der Waals surface area contributed by atoms with E-state index in [1.807, 2.05) is 40.8 Å². The number of aromatic nitrogens is 1. The van der Waals surface area contributed by atoms with Crippen LogP contribution in [0.3, 0.4) is 0 Å². The van der Waals surface area contributed by atoms with Gasteiger partial charge in [0.25, 0.3) is 0 Å². The molecule has 0 spiro atoms. The van der Waals surface area contributed by atoms with E-state index in [9.17, 15) is 4.79 Å². The molecular formula is C11H19N3OS. The number of amides is 2. The molecule has 0 saturated carbocycles. The molecule has 1 aromatic rings. The Kier molecular flexibility index (Phi) is 3.91. The molecule has 0 bridgehead atoms. The Morgan fingerprint density at radius 3 is 2.56 bits per heavy atom. The highest BCUT2D eigenvalue weighted by molar-refractivity contribution is 7.11. The predicted octanol–water partition coefficient (Wildman–Crippen LogP) is 2.61. The van der Waals surface area contributed by atoms with E-state index in [0.29, 0.717) is 0 Å². The van der Waals surface area contributed by atoms with E-state index >= 15 is 0 Å². The van der Waals surface area contributed by atoms with Gasteiger partial charge in [-0.3, -0.25) is 0 Å². The standard InChI is InChI=1S/C11H19N3OS/c1-7-6-12-9(16-7)8(2)13-10(15)14-11(3,4)5/h6,8H,1-5H3,(H2,13,14,15). The molecule has 1 atom stereocenters. The van der Waals surface area contributed by atoms with Gasteiger partial charge in [-0.25, -0.2) is 9.78 Å². The summed E-state index contributed by atoms with van der Waals surface area (Å²) in [6.45, 7) is 9.78. The van der Waals surface area contributed by atoms with Gasteiger partial charge in [0.05, 0.1) is 6.04 Å². The smallest absolute Gasteiger partial charge is 0.315 e. The maximum absolute atomic E-state index is 11.6. The van der Waals surface area contributed by atoms with Crippen LogP contribution in [0.4, 0.5) is 4.79 Å². The first-order valence-electron chi connectivity index (χ1n) is 5.29. The fourth-order valence-corrected chi connectivity index (χ4v) is 1.98. The molecule has 16 heavy (non-hydrogen) atoms. The summed E-state index contributed by atoms with van der Waals surface area (Å²) < 4.78 is 0. The van der Waals surface area contributed by atoms with Crippen LogP contribution in [-0.2, 0) is 0 Å². The maximum Gasteiger partial charge on any atom is 0.315 e. The first-order valence-corrected chi connectivity index (χ1v) is 6.10. The molecule has 0 aromatic carbocycles. The molecule has 5 heteroatoms. The Labute approximate surface area is 100 Å². The first-order chi connectivity index (χ1) is 7.28. The van der Waals surface area contributed by atoms with E-state index in [0.717, 1.165) is 9.88 Å². The molecule has 1 aromatic heterocycles. The number of aryl methyl sites for hydroxylation is 1. The SMILES string of the molecule is Cc1cnc(C(C)NC(=O)NC(C)(C)C)s1. The Balaban J connectivity index is 2.52. The van der Waals surface area contributed by atoms with Crippen molar-refractivity contribution in [3.05, 3.63) is 16.1 Å². The third kappa shape index (κ3) is 4.18. The van der Waals surface area contributed by atoms with Crippen molar-refractivity contribution in [1.82, 2.24) is 15.6 Å². The van der Waals surface area contributed by atoms with Crippen molar-refractivity contribution in [3.8, 4) is 0 Å². The van der Waals surface area contributed by atoms with Crippen LogP contribution >= 0.6 is 11.3 Å². The number of carbonyl (C=O) groups excluding carboxylic acids is 1. The number of urea groups is 1. The lowest BCUT2D eigenvalue weighted by atomic mass is 10.1. The monoisotopic (exact) mass is 241 g/mol. The van der Waals surface area contributed by atoms with Crippen LogP contribution in [0.1, 0.15) is 43.6 Å². The fourth-order valence-electron chi connectivity index (χ4n) is 1.21. The highest BCUT2D eigenvalue weighted by atomic mass is 32.1. The third-order valence-corrected chi connectivity index (χ3v) is 2.94. The molecule has 0 fully saturated rings. The minimum atomic E-state index is -0.220. The molecule has 2 amide bonds. The van der Waals surface area contributed by atoms with E-state index in [1.165, 1.54) is 0 Å². The van der Waals surface area contributed by atoms with Gasteiger partial charge in [0.15, 0.2) is 0 Å². The Morgan fingerprint density at radius 2 is 2.12 bits per heavy atom. The van der Waals surface area contributed by atoms with Crippen molar-refractivity contribution in [2.75, 3.05) is 0 Å². The summed E-state index contributed by atoms with van der Waals surface area (Å²) in [5.41, 5.74) is -0.220. The van der Waals surface area contributed by atoms with E-state index in [-0.39, 0.29) is 17.6 Å². The zero-order valence-corrected chi connectivity index (χ0v) is 11.2. The molecule has 4 nitrogen and oxygen atoms in total. The van der Waals surface area contributed by atoms with Crippen LogP contribution in [-0.4, -0.2) is 16.6 Å². The predicted molar refractivity (Wildman–Crippen MR) is 66.7 cm³/mol. The van der Waals surface area contributed by atoms with Crippen LogP contribution in [0.25, 0.3) is 0 Å². The van der Waals surface area contributed by atoms with Gasteiger partial charge in [0, 0.05) is 16.6 Å². The van der Waals surface area contributed by atoms with Crippen LogP contribution in [0.5, 0.6) is 0 Å². The second-order valence-electron chi connectivity index (χ2n) is 4.88. The van der Waals surface area contributed by atoms with Crippen molar-refractivity contribution in [2.45, 2.75) is 46.2 Å². The van der Waals surface area contributed by atoms with E-state index < -0.39 is 0 Å². The van der Waals surface area contributed by atoms with E-state index in [2.05, 4.69) is 15.6 Å². The highest BCUT2D eigenvalue weighted by Gasteiger charge is 2.17. The molecular weight excluding hydrogens is 222 g/mol. The summed E-state index contributed by atoms with van der Waals surface area (Å²) in [6.07, 6.45) is 1.82. The summed E-state index contributed by atoms with van der Waals surface area (Å²) in [5.74, 6) is 0. The van der Waals surface area contributed by atoms with Gasteiger partial charge < -0.3 is 10.6 Å². The van der Waals surface area contributed by atoms with E-state index in [1.54, 1.807) is 11.3 Å². The number of thiazole rings is 1. The van der Waals surface area contributed by atoms with E-state index in [4.69, 9.17) is 0 Å². The average Bonchev–Trinajstić information content (AvgIpc) is 2.47. The summed E-state index contributed by atoms with van der Waals surface area (Å²) in [6, 6.07) is -0.214. The zero-order valence-electron chi connectivity index (χ0n) is 10.4. The quantitative estimate of drug-likeness (QED) is 0.836. The molecule has 2 N–H and O–H groups in total. The summed E-state index contributed by atoms with van der Waals surface area (Å²) in [5, 5.41) is 6.65. The Bertz CT molecular complexity index is 368. The third-order valence-electron chi connectivity index (χ3n) is 1.85. The molecule has 1 heterocycles. The first kappa shape index (κ1) is 13.0. The number of hydrogen-bond donors (Lipinski definition) is 2. The van der Waals surface area contributed by atoms with Gasteiger partial charge in [-0.15, -0.1) is 11.3 Å². The van der Waals surface area contributed by atoms with Crippen LogP contribution in [0.2, 0.25) is 0 Å². The van der Waals surface area contributed by atoms with Gasteiger partial charge >= 0.3 is 6.03 Å². The van der Waals surface area contributed by atoms with Gasteiger partial charge in [-0.2, -0.15) is 0 Å². The number of rotatable bonds is 2. The van der Waals surface area contributed by atoms with Gasteiger partial charge in [0.2, 0.25) is 0 Å². The second kappa shape index (κ2) is 4.82. The Hall–Kier alpha value is -1.10. The fraction of sp³-hybridized carbons (Fsp3) is 0.636. The lowest BCUT2D eigenvalue weighted by Gasteiger charge is -2.22. The highest BCUT2D eigenvalue weighted by Crippen LogP contribution is 2.18. The summed E-state index contributed by atoms with van der Waals surface area (Å²) in [7, 11) is 0. The van der Waals surface area contributed by atoms with Crippen molar-refractivity contribution < 1.29 is 4.79 Å². The van der Waals surface area contributed by atoms with Crippen molar-refractivity contribution in [3.63, 3.8) is 0 Å². The van der Waals surface area contributed by atoms with Crippen molar-refractivity contribution >= 4 is 17.4 Å². The second-order valence-corrected chi connectivity index (χ2v) is 6.15. The molecule has 1 unspecified atom stereocenters. The molecule has 0 aliphatic heterocycles. The molecule has 0 radical (unpaired) electrons. The van der Waals surface area contributed by atoms with Crippen LogP contribution in [0, 0.1) is 6.92 Å². The van der Waals surface area contributed by atoms with Gasteiger partial charge in [0.1, 0.15) is 5.01 Å². The summed E-state index contributed by atoms with van der Waals surface area (Å²) >= 11 is 1.60. The molecule has 90 valence electrons.